The number of hydrogen-bond acceptors (Lipinski definition) is 4. The van der Waals surface area contributed by atoms with Crippen molar-refractivity contribution >= 4 is 35.0 Å². The van der Waals surface area contributed by atoms with E-state index in [1.54, 1.807) is 30.3 Å². The molecule has 0 aromatic heterocycles. The predicted octanol–water partition coefficient (Wildman–Crippen LogP) is 2.52. The van der Waals surface area contributed by atoms with Crippen LogP contribution in [0.2, 0.25) is 5.02 Å². The molecule has 6 nitrogen and oxygen atoms in total. The molecule has 1 saturated heterocycles. The number of aryl methyl sites for hydroxylation is 2. The summed E-state index contributed by atoms with van der Waals surface area (Å²) >= 11 is 5.87. The lowest BCUT2D eigenvalue weighted by Crippen LogP contribution is -2.48. The van der Waals surface area contributed by atoms with Crippen LogP contribution in [0.1, 0.15) is 27.9 Å². The van der Waals surface area contributed by atoms with Gasteiger partial charge in [0, 0.05) is 10.6 Å². The Labute approximate surface area is 156 Å². The molecule has 1 aliphatic heterocycles. The Hall–Kier alpha value is -2.70. The molecule has 3 amide bonds. The van der Waals surface area contributed by atoms with Gasteiger partial charge in [-0.1, -0.05) is 23.7 Å². The molecule has 0 radical (unpaired) electrons. The van der Waals surface area contributed by atoms with Gasteiger partial charge in [0.15, 0.2) is 0 Å². The highest BCUT2D eigenvalue weighted by Gasteiger charge is 2.39. The van der Waals surface area contributed by atoms with Crippen LogP contribution in [0.25, 0.3) is 0 Å². The fourth-order valence-electron chi connectivity index (χ4n) is 2.95. The molecule has 1 atom stereocenters. The molecule has 0 aliphatic carbocycles. The number of rotatable bonds is 4. The first kappa shape index (κ1) is 18.1. The second-order valence-electron chi connectivity index (χ2n) is 6.28. The van der Waals surface area contributed by atoms with E-state index in [9.17, 15) is 14.4 Å². The van der Waals surface area contributed by atoms with Crippen molar-refractivity contribution in [1.82, 2.24) is 10.9 Å². The second-order valence-corrected chi connectivity index (χ2v) is 6.72. The van der Waals surface area contributed by atoms with Crippen molar-refractivity contribution in [2.24, 2.45) is 0 Å². The number of carbonyl (C=O) groups is 3. The van der Waals surface area contributed by atoms with Crippen LogP contribution >= 0.6 is 11.6 Å². The summed E-state index contributed by atoms with van der Waals surface area (Å²) in [5.41, 5.74) is 7.95. The number of benzene rings is 2. The van der Waals surface area contributed by atoms with E-state index >= 15 is 0 Å². The molecule has 2 N–H and O–H groups in total. The number of anilines is 1. The number of carbonyl (C=O) groups excluding carboxylic acids is 3. The van der Waals surface area contributed by atoms with Crippen molar-refractivity contribution in [2.45, 2.75) is 26.3 Å². The molecule has 0 saturated carbocycles. The molecule has 7 heteroatoms. The molecule has 3 rings (SSSR count). The van der Waals surface area contributed by atoms with Gasteiger partial charge in [-0.3, -0.25) is 19.8 Å². The fraction of sp³-hybridized carbons (Fsp3) is 0.211. The Bertz CT molecular complexity index is 877. The molecule has 0 bridgehead atoms. The van der Waals surface area contributed by atoms with Gasteiger partial charge >= 0.3 is 0 Å². The summed E-state index contributed by atoms with van der Waals surface area (Å²) < 4.78 is 0. The monoisotopic (exact) mass is 371 g/mol. The number of nitrogens with zero attached hydrogens (tertiary/aromatic N) is 1. The summed E-state index contributed by atoms with van der Waals surface area (Å²) in [4.78, 5) is 38.2. The van der Waals surface area contributed by atoms with E-state index in [0.29, 0.717) is 16.3 Å². The van der Waals surface area contributed by atoms with Crippen LogP contribution in [0.5, 0.6) is 0 Å². The van der Waals surface area contributed by atoms with Gasteiger partial charge in [0.2, 0.25) is 5.91 Å². The molecule has 1 unspecified atom stereocenters. The first-order chi connectivity index (χ1) is 12.3. The highest BCUT2D eigenvalue weighted by Crippen LogP contribution is 2.25. The first-order valence-electron chi connectivity index (χ1n) is 8.11. The molecule has 1 heterocycles. The summed E-state index contributed by atoms with van der Waals surface area (Å²) in [7, 11) is 0. The zero-order valence-electron chi connectivity index (χ0n) is 14.4. The fourth-order valence-corrected chi connectivity index (χ4v) is 3.14. The van der Waals surface area contributed by atoms with Crippen LogP contribution < -0.4 is 15.8 Å². The molecule has 2 aromatic carbocycles. The van der Waals surface area contributed by atoms with Crippen LogP contribution in [-0.4, -0.2) is 23.8 Å². The number of nitrogens with one attached hydrogen (secondary N) is 2. The summed E-state index contributed by atoms with van der Waals surface area (Å²) in [5, 5.41) is 0.436. The van der Waals surface area contributed by atoms with E-state index < -0.39 is 17.9 Å². The zero-order valence-corrected chi connectivity index (χ0v) is 15.1. The predicted molar refractivity (Wildman–Crippen MR) is 98.9 cm³/mol. The van der Waals surface area contributed by atoms with Gasteiger partial charge in [-0.25, -0.2) is 10.3 Å². The van der Waals surface area contributed by atoms with Gasteiger partial charge < -0.3 is 0 Å². The van der Waals surface area contributed by atoms with E-state index in [4.69, 9.17) is 11.6 Å². The first-order valence-corrected chi connectivity index (χ1v) is 8.49. The smallest absolute Gasteiger partial charge is 0.265 e. The molecular formula is C19H18ClN3O3. The Kier molecular flexibility index (Phi) is 5.06. The number of amides is 3. The van der Waals surface area contributed by atoms with Crippen LogP contribution in [-0.2, 0) is 9.59 Å². The van der Waals surface area contributed by atoms with Crippen molar-refractivity contribution in [3.63, 3.8) is 0 Å². The third kappa shape index (κ3) is 3.76. The van der Waals surface area contributed by atoms with E-state index in [2.05, 4.69) is 10.9 Å². The molecule has 2 aromatic rings. The SMILES string of the molecule is Cc1cc(C)cc(N2C(=O)CC(NNC(=O)c3cccc(Cl)c3)C2=O)c1. The molecule has 1 aliphatic rings. The van der Waals surface area contributed by atoms with Crippen LogP contribution in [0.3, 0.4) is 0 Å². The van der Waals surface area contributed by atoms with Crippen molar-refractivity contribution < 1.29 is 14.4 Å². The maximum absolute atomic E-state index is 12.6. The van der Waals surface area contributed by atoms with Crippen LogP contribution in [0, 0.1) is 13.8 Å². The van der Waals surface area contributed by atoms with Crippen molar-refractivity contribution in [3.05, 3.63) is 64.2 Å². The minimum absolute atomic E-state index is 0.0261. The quantitative estimate of drug-likeness (QED) is 0.639. The van der Waals surface area contributed by atoms with Gasteiger partial charge in [-0.15, -0.1) is 0 Å². The van der Waals surface area contributed by atoms with Crippen LogP contribution in [0.15, 0.2) is 42.5 Å². The summed E-state index contributed by atoms with van der Waals surface area (Å²) in [6.45, 7) is 3.81. The molecule has 26 heavy (non-hydrogen) atoms. The topological polar surface area (TPSA) is 78.5 Å². The summed E-state index contributed by atoms with van der Waals surface area (Å²) in [6.07, 6.45) is -0.0261. The third-order valence-electron chi connectivity index (χ3n) is 4.06. The van der Waals surface area contributed by atoms with Crippen LogP contribution in [0.4, 0.5) is 5.69 Å². The van der Waals surface area contributed by atoms with Gasteiger partial charge in [-0.05, 0) is 55.3 Å². The second kappa shape index (κ2) is 7.27. The standard InChI is InChI=1S/C19H18ClN3O3/c1-11-6-12(2)8-15(7-11)23-17(24)10-16(19(23)26)21-22-18(25)13-4-3-5-14(20)9-13/h3-9,16,21H,10H2,1-2H3,(H,22,25). The number of halogens is 1. The average Bonchev–Trinajstić information content (AvgIpc) is 2.85. The Balaban J connectivity index is 1.70. The Morgan fingerprint density at radius 1 is 1.12 bits per heavy atom. The number of hydrogen-bond donors (Lipinski definition) is 2. The number of hydrazine groups is 1. The van der Waals surface area contributed by atoms with Crippen molar-refractivity contribution in [3.8, 4) is 0 Å². The minimum Gasteiger partial charge on any atom is -0.287 e. The highest BCUT2D eigenvalue weighted by atomic mass is 35.5. The molecule has 0 spiro atoms. The van der Waals surface area contributed by atoms with E-state index in [-0.39, 0.29) is 12.3 Å². The van der Waals surface area contributed by atoms with Crippen molar-refractivity contribution in [1.29, 1.82) is 0 Å². The minimum atomic E-state index is -0.813. The maximum Gasteiger partial charge on any atom is 0.265 e. The summed E-state index contributed by atoms with van der Waals surface area (Å²) in [5.74, 6) is -1.14. The lowest BCUT2D eigenvalue weighted by Gasteiger charge is -2.17. The Morgan fingerprint density at radius 2 is 1.81 bits per heavy atom. The number of imide groups is 1. The molecular weight excluding hydrogens is 354 g/mol. The largest absolute Gasteiger partial charge is 0.287 e. The van der Waals surface area contributed by atoms with E-state index in [1.807, 2.05) is 19.9 Å². The van der Waals surface area contributed by atoms with Gasteiger partial charge in [0.1, 0.15) is 6.04 Å². The van der Waals surface area contributed by atoms with Gasteiger partial charge in [0.05, 0.1) is 12.1 Å². The highest BCUT2D eigenvalue weighted by molar-refractivity contribution is 6.31. The van der Waals surface area contributed by atoms with E-state index in [1.165, 1.54) is 6.07 Å². The molecule has 134 valence electrons. The Morgan fingerprint density at radius 3 is 2.46 bits per heavy atom. The lowest BCUT2D eigenvalue weighted by molar-refractivity contribution is -0.121. The van der Waals surface area contributed by atoms with Gasteiger partial charge in [-0.2, -0.15) is 0 Å². The maximum atomic E-state index is 12.6. The van der Waals surface area contributed by atoms with Crippen molar-refractivity contribution in [2.75, 3.05) is 4.90 Å². The average molecular weight is 372 g/mol. The summed E-state index contributed by atoms with van der Waals surface area (Å²) in [6, 6.07) is 11.2. The third-order valence-corrected chi connectivity index (χ3v) is 4.29. The van der Waals surface area contributed by atoms with Gasteiger partial charge in [0.25, 0.3) is 11.8 Å². The van der Waals surface area contributed by atoms with E-state index in [0.717, 1.165) is 16.0 Å². The normalized spacial score (nSPS) is 16.9. The zero-order chi connectivity index (χ0) is 18.8. The lowest BCUT2D eigenvalue weighted by atomic mass is 10.1. The molecule has 1 fully saturated rings.